The van der Waals surface area contributed by atoms with Gasteiger partial charge in [0.2, 0.25) is 11.5 Å². The normalized spacial score (nSPS) is 11.1. The minimum absolute atomic E-state index is 0.0561. The van der Waals surface area contributed by atoms with Crippen molar-refractivity contribution in [3.05, 3.63) is 64.2 Å². The zero-order chi connectivity index (χ0) is 21.0. The second-order valence-electron chi connectivity index (χ2n) is 6.77. The van der Waals surface area contributed by atoms with E-state index in [-0.39, 0.29) is 11.6 Å². The van der Waals surface area contributed by atoms with Crippen LogP contribution in [0.5, 0.6) is 0 Å². The van der Waals surface area contributed by atoms with Crippen LogP contribution in [0.3, 0.4) is 0 Å². The second-order valence-corrected chi connectivity index (χ2v) is 8.79. The van der Waals surface area contributed by atoms with Crippen LogP contribution in [0.1, 0.15) is 19.4 Å². The smallest absolute Gasteiger partial charge is 0.377 e. The van der Waals surface area contributed by atoms with Gasteiger partial charge in [0, 0.05) is 27.0 Å². The van der Waals surface area contributed by atoms with Crippen LogP contribution >= 0.6 is 23.4 Å². The Morgan fingerprint density at radius 3 is 2.55 bits per heavy atom. The Morgan fingerprint density at radius 1 is 1.21 bits per heavy atom. The molecule has 0 spiro atoms. The van der Waals surface area contributed by atoms with Gasteiger partial charge in [-0.1, -0.05) is 42.5 Å². The predicted molar refractivity (Wildman–Crippen MR) is 122 cm³/mol. The Bertz CT molecular complexity index is 1020. The zero-order valence-electron chi connectivity index (χ0n) is 16.5. The summed E-state index contributed by atoms with van der Waals surface area (Å²) in [6.07, 6.45) is 1.55. The Balaban J connectivity index is 1.91. The van der Waals surface area contributed by atoms with Crippen LogP contribution in [0.4, 0.5) is 17.3 Å². The van der Waals surface area contributed by atoms with Gasteiger partial charge in [-0.05, 0) is 47.9 Å². The van der Waals surface area contributed by atoms with E-state index in [1.54, 1.807) is 30.1 Å². The number of benzene rings is 2. The van der Waals surface area contributed by atoms with Crippen molar-refractivity contribution in [3.8, 4) is 11.3 Å². The van der Waals surface area contributed by atoms with Gasteiger partial charge in [0.1, 0.15) is 0 Å². The molecule has 0 amide bonds. The lowest BCUT2D eigenvalue weighted by Gasteiger charge is -2.08. The summed E-state index contributed by atoms with van der Waals surface area (Å²) in [4.78, 5) is 22.5. The van der Waals surface area contributed by atoms with Crippen molar-refractivity contribution >= 4 is 40.7 Å². The van der Waals surface area contributed by atoms with Gasteiger partial charge in [-0.25, -0.2) is 4.98 Å². The van der Waals surface area contributed by atoms with Crippen LogP contribution < -0.4 is 15.8 Å². The van der Waals surface area contributed by atoms with Crippen molar-refractivity contribution in [2.45, 2.75) is 30.5 Å². The Labute approximate surface area is 179 Å². The highest BCUT2D eigenvalue weighted by molar-refractivity contribution is 8.00. The molecule has 0 saturated heterocycles. The highest BCUT2D eigenvalue weighted by Gasteiger charge is 2.24. The summed E-state index contributed by atoms with van der Waals surface area (Å²) in [6, 6.07) is 12.9. The van der Waals surface area contributed by atoms with Crippen LogP contribution in [0.25, 0.3) is 11.3 Å². The van der Waals surface area contributed by atoms with Gasteiger partial charge < -0.3 is 11.1 Å². The molecule has 3 aromatic rings. The molecule has 3 rings (SSSR count). The molecular weight excluding hydrogens is 406 g/mol. The predicted octanol–water partition coefficient (Wildman–Crippen LogP) is 5.20. The fourth-order valence-corrected chi connectivity index (χ4v) is 3.90. The Kier molecular flexibility index (Phi) is 6.84. The quantitative estimate of drug-likeness (QED) is 0.397. The van der Waals surface area contributed by atoms with Crippen molar-refractivity contribution in [1.82, 2.24) is 20.0 Å². The van der Waals surface area contributed by atoms with Gasteiger partial charge in [0.25, 0.3) is 0 Å². The molecule has 0 bridgehead atoms. The summed E-state index contributed by atoms with van der Waals surface area (Å²) in [5, 5.41) is 4.14. The lowest BCUT2D eigenvalue weighted by atomic mass is 10.1. The van der Waals surface area contributed by atoms with Gasteiger partial charge in [0.15, 0.2) is 5.69 Å². The lowest BCUT2D eigenvalue weighted by molar-refractivity contribution is 0.817. The summed E-state index contributed by atoms with van der Waals surface area (Å²) in [5.74, 6) is 0.127. The number of rotatable bonds is 7. The van der Waals surface area contributed by atoms with E-state index in [0.29, 0.717) is 26.4 Å². The van der Waals surface area contributed by atoms with E-state index in [1.165, 1.54) is 0 Å². The zero-order valence-corrected chi connectivity index (χ0v) is 18.1. The fraction of sp³-hybridized carbons (Fsp3) is 0.238. The van der Waals surface area contributed by atoms with E-state index in [2.05, 4.69) is 29.1 Å². The molecule has 0 unspecified atom stereocenters. The first-order valence-electron chi connectivity index (χ1n) is 9.19. The molecule has 0 fully saturated rings. The van der Waals surface area contributed by atoms with E-state index in [4.69, 9.17) is 17.3 Å². The van der Waals surface area contributed by atoms with Gasteiger partial charge in [-0.3, -0.25) is 0 Å². The third-order valence-electron chi connectivity index (χ3n) is 4.12. The maximum atomic E-state index is 12.9. The lowest BCUT2D eigenvalue weighted by Crippen LogP contribution is -2.08. The molecule has 3 N–H and O–H groups in total. The maximum Gasteiger partial charge on any atom is 0.410 e. The average molecular weight is 429 g/mol. The van der Waals surface area contributed by atoms with Crippen LogP contribution in [0.2, 0.25) is 5.02 Å². The number of hydrogen-bond acceptors (Lipinski definition) is 6. The van der Waals surface area contributed by atoms with E-state index < -0.39 is 0 Å². The third-order valence-corrected chi connectivity index (χ3v) is 5.62. The highest BCUT2D eigenvalue weighted by Crippen LogP contribution is 2.34. The average Bonchev–Trinajstić information content (AvgIpc) is 2.70. The molecule has 29 heavy (non-hydrogen) atoms. The fourth-order valence-electron chi connectivity index (χ4n) is 2.76. The summed E-state index contributed by atoms with van der Waals surface area (Å²) in [7, 11) is 1.87. The number of halogens is 1. The first kappa shape index (κ1) is 21.2. The van der Waals surface area contributed by atoms with E-state index >= 15 is 0 Å². The third kappa shape index (κ3) is 5.12. The topological polar surface area (TPSA) is 83.9 Å². The Hall–Kier alpha value is -2.48. The SMILES string of the molecule is CNCc1ccc([N+](=O)c2nc(-c3ccc(SC(C)C)c(Cl)c3)cnc2N)cc1. The number of aromatic nitrogens is 2. The molecule has 0 saturated carbocycles. The molecule has 1 aromatic heterocycles. The van der Waals surface area contributed by atoms with Crippen LogP contribution in [-0.4, -0.2) is 22.3 Å². The van der Waals surface area contributed by atoms with Crippen molar-refractivity contribution in [2.24, 2.45) is 0 Å². The molecule has 2 aromatic carbocycles. The van der Waals surface area contributed by atoms with E-state index in [1.807, 2.05) is 37.4 Å². The molecule has 0 aliphatic rings. The minimum Gasteiger partial charge on any atom is -0.377 e. The van der Waals surface area contributed by atoms with E-state index in [9.17, 15) is 4.91 Å². The molecular formula is C21H23ClN5OS+. The number of nitrogens with two attached hydrogens (primary N) is 1. The summed E-state index contributed by atoms with van der Waals surface area (Å²) >= 11 is 8.11. The summed E-state index contributed by atoms with van der Waals surface area (Å²) in [6.45, 7) is 4.95. The van der Waals surface area contributed by atoms with Crippen molar-refractivity contribution in [3.63, 3.8) is 0 Å². The van der Waals surface area contributed by atoms with Gasteiger partial charge >= 0.3 is 5.82 Å². The molecule has 0 atom stereocenters. The van der Waals surface area contributed by atoms with Gasteiger partial charge in [0.05, 0.1) is 11.2 Å². The van der Waals surface area contributed by atoms with Crippen LogP contribution in [0.15, 0.2) is 53.6 Å². The number of anilines is 1. The van der Waals surface area contributed by atoms with E-state index in [0.717, 1.165) is 22.6 Å². The van der Waals surface area contributed by atoms with Crippen molar-refractivity contribution in [1.29, 1.82) is 0 Å². The number of nitrogen functional groups attached to an aromatic ring is 1. The molecule has 0 radical (unpaired) electrons. The number of hydrogen-bond donors (Lipinski definition) is 2. The minimum atomic E-state index is 0.0561. The number of nitroso groups, excluding NO2 is 1. The molecule has 8 heteroatoms. The van der Waals surface area contributed by atoms with Crippen LogP contribution in [0, 0.1) is 4.91 Å². The molecule has 0 aliphatic heterocycles. The number of thioether (sulfide) groups is 1. The summed E-state index contributed by atoms with van der Waals surface area (Å²) in [5.41, 5.74) is 8.75. The molecule has 0 aliphatic carbocycles. The second kappa shape index (κ2) is 9.35. The Morgan fingerprint density at radius 2 is 1.93 bits per heavy atom. The molecule has 1 heterocycles. The first-order valence-corrected chi connectivity index (χ1v) is 10.4. The molecule has 6 nitrogen and oxygen atoms in total. The maximum absolute atomic E-state index is 12.9. The summed E-state index contributed by atoms with van der Waals surface area (Å²) < 4.78 is 0.694. The van der Waals surface area contributed by atoms with Crippen molar-refractivity contribution < 1.29 is 0 Å². The van der Waals surface area contributed by atoms with Gasteiger partial charge in [-0.2, -0.15) is 0 Å². The highest BCUT2D eigenvalue weighted by atomic mass is 35.5. The molecule has 150 valence electrons. The first-order chi connectivity index (χ1) is 13.9. The van der Waals surface area contributed by atoms with Crippen molar-refractivity contribution in [2.75, 3.05) is 12.8 Å². The standard InChI is InChI=1S/C21H23ClN5OS/c1-13(2)29-19-9-6-15(10-17(19)22)18-12-25-20(23)21(26-18)27(28)16-7-4-14(5-8-16)11-24-3/h4-10,12-13,24H,11H2,1-3H3,(H2,23,25)/q+1. The monoisotopic (exact) mass is 428 g/mol. The van der Waals surface area contributed by atoms with Crippen LogP contribution in [-0.2, 0) is 6.54 Å². The number of nitrogens with zero attached hydrogens (tertiary/aromatic N) is 3. The largest absolute Gasteiger partial charge is 0.410 e. The number of nitrogens with one attached hydrogen (secondary N) is 1. The van der Waals surface area contributed by atoms with Gasteiger partial charge in [-0.15, -0.1) is 11.8 Å².